The lowest BCUT2D eigenvalue weighted by molar-refractivity contribution is 1.48. The van der Waals surface area contributed by atoms with Crippen LogP contribution in [0.1, 0.15) is 5.56 Å². The molecule has 0 aliphatic heterocycles. The fraction of sp³-hybridized carbons (Fsp3) is 0. The first-order chi connectivity index (χ1) is 8.74. The number of benzene rings is 2. The molecule has 0 aliphatic carbocycles. The summed E-state index contributed by atoms with van der Waals surface area (Å²) >= 11 is 5.79. The predicted molar refractivity (Wildman–Crippen MR) is 78.3 cm³/mol. The average molecular weight is 257 g/mol. The summed E-state index contributed by atoms with van der Waals surface area (Å²) in [7, 11) is 0. The van der Waals surface area contributed by atoms with Gasteiger partial charge in [0.15, 0.2) is 0 Å². The molecule has 2 nitrogen and oxygen atoms in total. The lowest BCUT2D eigenvalue weighted by Crippen LogP contribution is -2.06. The van der Waals surface area contributed by atoms with Gasteiger partial charge in [-0.05, 0) is 35.9 Å². The van der Waals surface area contributed by atoms with Crippen LogP contribution in [0.5, 0.6) is 0 Å². The zero-order valence-corrected chi connectivity index (χ0v) is 10.5. The largest absolute Gasteiger partial charge is 0.341 e. The van der Waals surface area contributed by atoms with Crippen LogP contribution in [-0.4, -0.2) is 5.84 Å². The molecule has 2 aromatic carbocycles. The van der Waals surface area contributed by atoms with Crippen molar-refractivity contribution in [2.45, 2.75) is 0 Å². The number of rotatable bonds is 3. The average Bonchev–Trinajstić information content (AvgIpc) is 2.40. The van der Waals surface area contributed by atoms with Gasteiger partial charge < -0.3 is 5.32 Å². The van der Waals surface area contributed by atoms with E-state index in [1.165, 1.54) is 0 Å². The van der Waals surface area contributed by atoms with Gasteiger partial charge >= 0.3 is 0 Å². The molecule has 0 atom stereocenters. The van der Waals surface area contributed by atoms with Gasteiger partial charge in [-0.15, -0.1) is 0 Å². The van der Waals surface area contributed by atoms with Crippen LogP contribution in [0.4, 0.5) is 5.69 Å². The first kappa shape index (κ1) is 12.4. The van der Waals surface area contributed by atoms with Gasteiger partial charge in [0.1, 0.15) is 5.84 Å². The van der Waals surface area contributed by atoms with Crippen LogP contribution >= 0.6 is 11.6 Å². The van der Waals surface area contributed by atoms with E-state index in [0.717, 1.165) is 11.3 Å². The molecule has 0 saturated heterocycles. The van der Waals surface area contributed by atoms with Crippen molar-refractivity contribution in [3.63, 3.8) is 0 Å². The summed E-state index contributed by atoms with van der Waals surface area (Å²) < 4.78 is 0. The van der Waals surface area contributed by atoms with Gasteiger partial charge in [-0.1, -0.05) is 48.0 Å². The number of amidine groups is 1. The van der Waals surface area contributed by atoms with Crippen molar-refractivity contribution in [1.82, 2.24) is 0 Å². The molecule has 2 aromatic rings. The Morgan fingerprint density at radius 1 is 1.00 bits per heavy atom. The maximum absolute atomic E-state index is 7.80. The minimum absolute atomic E-state index is 0.334. The molecule has 0 bridgehead atoms. The van der Waals surface area contributed by atoms with E-state index in [1.807, 2.05) is 48.5 Å². The zero-order valence-electron chi connectivity index (χ0n) is 9.73. The highest BCUT2D eigenvalue weighted by atomic mass is 35.5. The molecule has 2 rings (SSSR count). The van der Waals surface area contributed by atoms with E-state index in [4.69, 9.17) is 17.0 Å². The zero-order chi connectivity index (χ0) is 12.8. The van der Waals surface area contributed by atoms with Gasteiger partial charge in [0.2, 0.25) is 0 Å². The Kier molecular flexibility index (Phi) is 4.15. The van der Waals surface area contributed by atoms with Gasteiger partial charge in [-0.3, -0.25) is 5.41 Å². The summed E-state index contributed by atoms with van der Waals surface area (Å²) in [5, 5.41) is 11.5. The van der Waals surface area contributed by atoms with E-state index in [9.17, 15) is 0 Å². The molecular formula is C15H13ClN2. The fourth-order valence-electron chi connectivity index (χ4n) is 1.47. The Morgan fingerprint density at radius 2 is 1.67 bits per heavy atom. The molecule has 3 heteroatoms. The van der Waals surface area contributed by atoms with Crippen molar-refractivity contribution < 1.29 is 0 Å². The van der Waals surface area contributed by atoms with Gasteiger partial charge in [0.05, 0.1) is 0 Å². The normalized spacial score (nSPS) is 10.5. The molecular weight excluding hydrogens is 244 g/mol. The molecule has 0 radical (unpaired) electrons. The van der Waals surface area contributed by atoms with E-state index in [2.05, 4.69) is 5.32 Å². The first-order valence-electron chi connectivity index (χ1n) is 5.58. The monoisotopic (exact) mass is 256 g/mol. The molecule has 0 spiro atoms. The second-order valence-electron chi connectivity index (χ2n) is 3.79. The van der Waals surface area contributed by atoms with Gasteiger partial charge in [-0.25, -0.2) is 0 Å². The first-order valence-corrected chi connectivity index (χ1v) is 5.96. The molecule has 0 aromatic heterocycles. The number of hydrogen-bond donors (Lipinski definition) is 2. The molecule has 0 amide bonds. The molecule has 90 valence electrons. The fourth-order valence-corrected chi connectivity index (χ4v) is 1.60. The molecule has 0 fully saturated rings. The number of halogens is 1. The van der Waals surface area contributed by atoms with Crippen molar-refractivity contribution in [1.29, 1.82) is 5.41 Å². The summed E-state index contributed by atoms with van der Waals surface area (Å²) in [5.41, 5.74) is 1.92. The predicted octanol–water partition coefficient (Wildman–Crippen LogP) is 4.44. The van der Waals surface area contributed by atoms with Crippen molar-refractivity contribution in [2.75, 3.05) is 5.32 Å². The second kappa shape index (κ2) is 6.03. The Morgan fingerprint density at radius 3 is 2.33 bits per heavy atom. The van der Waals surface area contributed by atoms with Crippen molar-refractivity contribution in [2.24, 2.45) is 0 Å². The van der Waals surface area contributed by atoms with Gasteiger partial charge in [0, 0.05) is 10.7 Å². The lowest BCUT2D eigenvalue weighted by atomic mass is 10.2. The number of anilines is 1. The third-order valence-electron chi connectivity index (χ3n) is 2.37. The molecule has 0 heterocycles. The van der Waals surface area contributed by atoms with E-state index < -0.39 is 0 Å². The summed E-state index contributed by atoms with van der Waals surface area (Å²) in [6.45, 7) is 0. The summed E-state index contributed by atoms with van der Waals surface area (Å²) in [6.07, 6.45) is 3.62. The molecule has 18 heavy (non-hydrogen) atoms. The highest BCUT2D eigenvalue weighted by molar-refractivity contribution is 6.30. The highest BCUT2D eigenvalue weighted by Gasteiger charge is 1.94. The van der Waals surface area contributed by atoms with Crippen LogP contribution in [0, 0.1) is 5.41 Å². The molecule has 0 saturated carbocycles. The third kappa shape index (κ3) is 3.75. The summed E-state index contributed by atoms with van der Waals surface area (Å²) in [5.74, 6) is 0.334. The molecule has 0 unspecified atom stereocenters. The Bertz CT molecular complexity index is 544. The Labute approximate surface area is 111 Å². The quantitative estimate of drug-likeness (QED) is 0.618. The smallest absolute Gasteiger partial charge is 0.122 e. The molecule has 2 N–H and O–H groups in total. The highest BCUT2D eigenvalue weighted by Crippen LogP contribution is 2.13. The Hall–Kier alpha value is -2.06. The van der Waals surface area contributed by atoms with Crippen molar-refractivity contribution in [3.8, 4) is 0 Å². The minimum Gasteiger partial charge on any atom is -0.341 e. The van der Waals surface area contributed by atoms with Crippen molar-refractivity contribution >= 4 is 29.2 Å². The topological polar surface area (TPSA) is 35.9 Å². The van der Waals surface area contributed by atoms with E-state index in [1.54, 1.807) is 18.2 Å². The second-order valence-corrected chi connectivity index (χ2v) is 4.23. The van der Waals surface area contributed by atoms with E-state index >= 15 is 0 Å². The van der Waals surface area contributed by atoms with Gasteiger partial charge in [0.25, 0.3) is 0 Å². The third-order valence-corrected chi connectivity index (χ3v) is 2.62. The summed E-state index contributed by atoms with van der Waals surface area (Å²) in [6, 6.07) is 17.1. The van der Waals surface area contributed by atoms with Crippen molar-refractivity contribution in [3.05, 3.63) is 71.3 Å². The van der Waals surface area contributed by atoms with Crippen LogP contribution in [0.25, 0.3) is 6.08 Å². The molecule has 0 aliphatic rings. The maximum atomic E-state index is 7.80. The maximum Gasteiger partial charge on any atom is 0.122 e. The van der Waals surface area contributed by atoms with Crippen LogP contribution in [0.15, 0.2) is 60.7 Å². The standard InChI is InChI=1S/C15H13ClN2/c16-13-7-9-14(10-8-13)18-15(17)11-6-12-4-2-1-3-5-12/h1-11H,(H2,17,18)/b11-6+. The van der Waals surface area contributed by atoms with Crippen LogP contribution < -0.4 is 5.32 Å². The number of nitrogens with one attached hydrogen (secondary N) is 2. The Balaban J connectivity index is 1.97. The minimum atomic E-state index is 0.334. The SMILES string of the molecule is N=C(/C=C/c1ccccc1)Nc1ccc(Cl)cc1. The van der Waals surface area contributed by atoms with E-state index in [-0.39, 0.29) is 0 Å². The van der Waals surface area contributed by atoms with Crippen LogP contribution in [0.2, 0.25) is 5.02 Å². The van der Waals surface area contributed by atoms with Crippen LogP contribution in [0.3, 0.4) is 0 Å². The lowest BCUT2D eigenvalue weighted by Gasteiger charge is -2.04. The van der Waals surface area contributed by atoms with Crippen LogP contribution in [-0.2, 0) is 0 Å². The van der Waals surface area contributed by atoms with Gasteiger partial charge in [-0.2, -0.15) is 0 Å². The van der Waals surface area contributed by atoms with E-state index in [0.29, 0.717) is 10.9 Å². The summed E-state index contributed by atoms with van der Waals surface area (Å²) in [4.78, 5) is 0. The number of hydrogen-bond acceptors (Lipinski definition) is 1.